The number of esters is 1. The summed E-state index contributed by atoms with van der Waals surface area (Å²) >= 11 is 6.06. The third kappa shape index (κ3) is 7.40. The van der Waals surface area contributed by atoms with E-state index in [9.17, 15) is 18.0 Å². The van der Waals surface area contributed by atoms with Crippen LogP contribution < -0.4 is 10.6 Å². The Morgan fingerprint density at radius 1 is 0.972 bits per heavy atom. The van der Waals surface area contributed by atoms with Crippen LogP contribution in [-0.2, 0) is 25.8 Å². The molecule has 0 heterocycles. The fourth-order valence-electron chi connectivity index (χ4n) is 3.64. The highest BCUT2D eigenvalue weighted by molar-refractivity contribution is 7.91. The van der Waals surface area contributed by atoms with Crippen molar-refractivity contribution in [3.8, 4) is 0 Å². The van der Waals surface area contributed by atoms with E-state index < -0.39 is 15.9 Å². The molecule has 1 amide bonds. The van der Waals surface area contributed by atoms with Gasteiger partial charge in [0.15, 0.2) is 0 Å². The predicted molar refractivity (Wildman–Crippen MR) is 139 cm³/mol. The third-order valence-electron chi connectivity index (χ3n) is 5.43. The molecule has 0 radical (unpaired) electrons. The van der Waals surface area contributed by atoms with Crippen LogP contribution >= 0.6 is 11.6 Å². The normalized spacial score (nSPS) is 12.1. The van der Waals surface area contributed by atoms with Crippen molar-refractivity contribution in [2.75, 3.05) is 19.6 Å². The second-order valence-corrected chi connectivity index (χ2v) is 10.5. The molecule has 1 atom stereocenters. The number of sulfone groups is 1. The van der Waals surface area contributed by atoms with Crippen molar-refractivity contribution in [2.24, 2.45) is 0 Å². The van der Waals surface area contributed by atoms with Crippen LogP contribution in [-0.4, -0.2) is 39.9 Å². The summed E-state index contributed by atoms with van der Waals surface area (Å²) in [5, 5.41) is 6.51. The molecule has 0 aliphatic rings. The van der Waals surface area contributed by atoms with Gasteiger partial charge in [0, 0.05) is 30.6 Å². The van der Waals surface area contributed by atoms with Crippen LogP contribution in [0.5, 0.6) is 0 Å². The Kier molecular flexibility index (Phi) is 9.64. The fraction of sp³-hybridized carbons (Fsp3) is 0.259. The largest absolute Gasteiger partial charge is 0.456 e. The Morgan fingerprint density at radius 2 is 1.69 bits per heavy atom. The van der Waals surface area contributed by atoms with Crippen molar-refractivity contribution in [3.63, 3.8) is 0 Å². The molecule has 0 bridgehead atoms. The highest BCUT2D eigenvalue weighted by atomic mass is 35.5. The monoisotopic (exact) mass is 528 g/mol. The second kappa shape index (κ2) is 12.7. The zero-order valence-corrected chi connectivity index (χ0v) is 21.7. The van der Waals surface area contributed by atoms with E-state index >= 15 is 0 Å². The van der Waals surface area contributed by atoms with Crippen molar-refractivity contribution < 1.29 is 22.7 Å². The third-order valence-corrected chi connectivity index (χ3v) is 7.43. The highest BCUT2D eigenvalue weighted by Crippen LogP contribution is 2.23. The summed E-state index contributed by atoms with van der Waals surface area (Å²) in [7, 11) is -3.76. The molecule has 7 nitrogen and oxygen atoms in total. The van der Waals surface area contributed by atoms with Gasteiger partial charge in [0.25, 0.3) is 5.91 Å². The minimum Gasteiger partial charge on any atom is -0.456 e. The molecule has 0 aliphatic carbocycles. The summed E-state index contributed by atoms with van der Waals surface area (Å²) in [4.78, 5) is 23.8. The van der Waals surface area contributed by atoms with Gasteiger partial charge in [-0.3, -0.25) is 9.59 Å². The lowest BCUT2D eigenvalue weighted by Gasteiger charge is -2.18. The molecule has 190 valence electrons. The number of rotatable bonds is 11. The molecule has 3 rings (SSSR count). The van der Waals surface area contributed by atoms with E-state index in [0.717, 1.165) is 11.1 Å². The Bertz CT molecular complexity index is 1310. The number of benzene rings is 3. The maximum Gasteiger partial charge on any atom is 0.303 e. The smallest absolute Gasteiger partial charge is 0.303 e. The van der Waals surface area contributed by atoms with Gasteiger partial charge >= 0.3 is 5.97 Å². The minimum absolute atomic E-state index is 0.0678. The molecular weight excluding hydrogens is 500 g/mol. The molecular formula is C27H29ClN2O5S. The first-order valence-electron chi connectivity index (χ1n) is 11.6. The highest BCUT2D eigenvalue weighted by Gasteiger charge is 2.19. The Morgan fingerprint density at radius 3 is 2.36 bits per heavy atom. The van der Waals surface area contributed by atoms with Gasteiger partial charge in [-0.2, -0.15) is 0 Å². The van der Waals surface area contributed by atoms with Gasteiger partial charge in [-0.05, 0) is 73.5 Å². The number of amides is 1. The van der Waals surface area contributed by atoms with Crippen LogP contribution in [0.1, 0.15) is 41.4 Å². The first-order chi connectivity index (χ1) is 17.2. The first-order valence-corrected chi connectivity index (χ1v) is 13.4. The van der Waals surface area contributed by atoms with Crippen LogP contribution in [0.4, 0.5) is 0 Å². The topological polar surface area (TPSA) is 102 Å². The number of carbonyl (C=O) groups excluding carboxylic acids is 2. The summed E-state index contributed by atoms with van der Waals surface area (Å²) in [6.45, 7) is 4.63. The van der Waals surface area contributed by atoms with Crippen molar-refractivity contribution in [1.82, 2.24) is 10.6 Å². The number of halogens is 1. The van der Waals surface area contributed by atoms with Crippen molar-refractivity contribution in [2.45, 2.75) is 36.2 Å². The van der Waals surface area contributed by atoms with Crippen LogP contribution in [0.15, 0.2) is 82.6 Å². The molecule has 0 unspecified atom stereocenters. The van der Waals surface area contributed by atoms with E-state index in [2.05, 4.69) is 10.6 Å². The second-order valence-electron chi connectivity index (χ2n) is 8.14. The van der Waals surface area contributed by atoms with Gasteiger partial charge in [-0.25, -0.2) is 8.42 Å². The summed E-state index contributed by atoms with van der Waals surface area (Å²) in [6.07, 6.45) is 0.180. The predicted octanol–water partition coefficient (Wildman–Crippen LogP) is 4.36. The molecule has 0 saturated carbocycles. The van der Waals surface area contributed by atoms with E-state index in [1.807, 2.05) is 6.07 Å². The fourth-order valence-corrected chi connectivity index (χ4v) is 5.14. The van der Waals surface area contributed by atoms with Gasteiger partial charge in [0.1, 0.15) is 6.10 Å². The molecule has 2 N–H and O–H groups in total. The van der Waals surface area contributed by atoms with Gasteiger partial charge in [0.2, 0.25) is 9.84 Å². The quantitative estimate of drug-likeness (QED) is 0.283. The molecule has 0 spiro atoms. The summed E-state index contributed by atoms with van der Waals surface area (Å²) < 4.78 is 31.6. The zero-order valence-electron chi connectivity index (χ0n) is 20.2. The Hall–Kier alpha value is -3.20. The molecule has 3 aromatic carbocycles. The van der Waals surface area contributed by atoms with E-state index in [4.69, 9.17) is 16.3 Å². The lowest BCUT2D eigenvalue weighted by molar-refractivity contribution is -0.146. The van der Waals surface area contributed by atoms with Crippen LogP contribution in [0.3, 0.4) is 0 Å². The Balaban J connectivity index is 1.61. The molecule has 0 fully saturated rings. The molecule has 0 aliphatic heterocycles. The number of carbonyl (C=O) groups is 2. The van der Waals surface area contributed by atoms with Crippen molar-refractivity contribution >= 4 is 33.3 Å². The van der Waals surface area contributed by atoms with Gasteiger partial charge in [0.05, 0.1) is 9.79 Å². The lowest BCUT2D eigenvalue weighted by Crippen LogP contribution is -2.26. The maximum atomic E-state index is 13.1. The summed E-state index contributed by atoms with van der Waals surface area (Å²) in [6, 6.07) is 19.9. The van der Waals surface area contributed by atoms with E-state index in [1.54, 1.807) is 61.5 Å². The van der Waals surface area contributed by atoms with Gasteiger partial charge in [-0.1, -0.05) is 41.9 Å². The van der Waals surface area contributed by atoms with Crippen molar-refractivity contribution in [1.29, 1.82) is 0 Å². The summed E-state index contributed by atoms with van der Waals surface area (Å²) in [5.74, 6) is -0.696. The van der Waals surface area contributed by atoms with Crippen LogP contribution in [0.2, 0.25) is 5.02 Å². The first kappa shape index (κ1) is 27.4. The molecule has 36 heavy (non-hydrogen) atoms. The molecule has 0 aromatic heterocycles. The zero-order chi connectivity index (χ0) is 26.1. The average molecular weight is 529 g/mol. The molecule has 9 heteroatoms. The van der Waals surface area contributed by atoms with E-state index in [-0.39, 0.29) is 21.7 Å². The van der Waals surface area contributed by atoms with Crippen LogP contribution in [0.25, 0.3) is 0 Å². The minimum atomic E-state index is -3.76. The van der Waals surface area contributed by atoms with E-state index in [0.29, 0.717) is 36.6 Å². The average Bonchev–Trinajstić information content (AvgIpc) is 2.86. The number of nitrogens with one attached hydrogen (secondary N) is 2. The lowest BCUT2D eigenvalue weighted by atomic mass is 10.1. The van der Waals surface area contributed by atoms with Crippen molar-refractivity contribution in [3.05, 3.63) is 94.5 Å². The molecule has 3 aromatic rings. The maximum absolute atomic E-state index is 13.1. The molecule has 0 saturated heterocycles. The summed E-state index contributed by atoms with van der Waals surface area (Å²) in [5.41, 5.74) is 2.05. The van der Waals surface area contributed by atoms with Gasteiger partial charge < -0.3 is 15.4 Å². The standard InChI is InChI=1S/C27H29ClN2O5S/c1-3-30-27(32)22-7-5-9-25(17-22)36(33,34)24-12-10-20(11-13-24)14-15-29-18-26(35-19(2)31)21-6-4-8-23(28)16-21/h4-13,16-17,26,29H,3,14-15,18H2,1-2H3,(H,30,32)/t26-/m1/s1. The van der Waals surface area contributed by atoms with Crippen LogP contribution in [0, 0.1) is 0 Å². The van der Waals surface area contributed by atoms with E-state index in [1.165, 1.54) is 19.1 Å². The SMILES string of the molecule is CCNC(=O)c1cccc(S(=O)(=O)c2ccc(CCNC[C@@H](OC(C)=O)c3cccc(Cl)c3)cc2)c1. The number of ether oxygens (including phenoxy) is 1. The number of hydrogen-bond acceptors (Lipinski definition) is 6. The Labute approximate surface area is 216 Å². The van der Waals surface area contributed by atoms with Gasteiger partial charge in [-0.15, -0.1) is 0 Å². The number of hydrogen-bond donors (Lipinski definition) is 2.